The molecule has 1 fully saturated rings. The van der Waals surface area contributed by atoms with Gasteiger partial charge >= 0.3 is 0 Å². The van der Waals surface area contributed by atoms with E-state index in [1.54, 1.807) is 31.2 Å². The van der Waals surface area contributed by atoms with Crippen LogP contribution in [0.2, 0.25) is 5.02 Å². The topological polar surface area (TPSA) is 99.0 Å². The quantitative estimate of drug-likeness (QED) is 0.428. The van der Waals surface area contributed by atoms with Gasteiger partial charge in [-0.2, -0.15) is 9.40 Å². The van der Waals surface area contributed by atoms with E-state index in [9.17, 15) is 18.3 Å². The van der Waals surface area contributed by atoms with Crippen molar-refractivity contribution in [3.63, 3.8) is 0 Å². The van der Waals surface area contributed by atoms with Gasteiger partial charge in [0, 0.05) is 85.5 Å². The lowest BCUT2D eigenvalue weighted by Gasteiger charge is -2.35. The van der Waals surface area contributed by atoms with Gasteiger partial charge in [-0.15, -0.1) is 0 Å². The number of amides is 1. The van der Waals surface area contributed by atoms with E-state index in [1.807, 2.05) is 33.8 Å². The number of aliphatic hydroxyl groups is 1. The number of carbonyl (C=O) groups excluding carboxylic acids is 1. The maximum atomic E-state index is 13.1. The minimum Gasteiger partial charge on any atom is -0.390 e. The average molecular weight is 637 g/mol. The van der Waals surface area contributed by atoms with Crippen molar-refractivity contribution in [2.45, 2.75) is 37.4 Å². The smallest absolute Gasteiger partial charge is 0.244 e. The summed E-state index contributed by atoms with van der Waals surface area (Å²) >= 11 is 9.44. The molecule has 2 aromatic carbocycles. The molecule has 0 aliphatic carbocycles. The SMILES string of the molecule is CC(=O)N1CCc2c(c(-c3ccc(Cl)cc3)nn2CC(O)CN2CCN(S(=O)(=O)c3ccccc3Br)CC2)C1. The summed E-state index contributed by atoms with van der Waals surface area (Å²) in [7, 11) is -3.59. The molecule has 0 saturated carbocycles. The molecule has 39 heavy (non-hydrogen) atoms. The Morgan fingerprint density at radius 3 is 2.41 bits per heavy atom. The molecule has 1 N–H and O–H groups in total. The lowest BCUT2D eigenvalue weighted by atomic mass is 10.0. The summed E-state index contributed by atoms with van der Waals surface area (Å²) in [6.07, 6.45) is -0.0299. The van der Waals surface area contributed by atoms with Gasteiger partial charge < -0.3 is 10.0 Å². The maximum absolute atomic E-state index is 13.1. The summed E-state index contributed by atoms with van der Waals surface area (Å²) in [4.78, 5) is 16.2. The van der Waals surface area contributed by atoms with Gasteiger partial charge in [-0.25, -0.2) is 8.42 Å². The molecule has 2 aliphatic rings. The third kappa shape index (κ3) is 6.08. The highest BCUT2D eigenvalue weighted by Gasteiger charge is 2.31. The fourth-order valence-electron chi connectivity index (χ4n) is 5.25. The number of nitrogens with zero attached hydrogens (tertiary/aromatic N) is 5. The number of fused-ring (bicyclic) bond motifs is 1. The highest BCUT2D eigenvalue weighted by atomic mass is 79.9. The Morgan fingerprint density at radius 1 is 1.05 bits per heavy atom. The predicted molar refractivity (Wildman–Crippen MR) is 153 cm³/mol. The number of aromatic nitrogens is 2. The molecule has 0 bridgehead atoms. The molecule has 12 heteroatoms. The van der Waals surface area contributed by atoms with Gasteiger partial charge in [0.05, 0.1) is 23.2 Å². The van der Waals surface area contributed by atoms with Crippen LogP contribution in [0.3, 0.4) is 0 Å². The Hall–Kier alpha value is -2.28. The third-order valence-electron chi connectivity index (χ3n) is 7.34. The summed E-state index contributed by atoms with van der Waals surface area (Å²) in [6.45, 7) is 5.15. The Morgan fingerprint density at radius 2 is 1.74 bits per heavy atom. The van der Waals surface area contributed by atoms with Gasteiger partial charge in [0.15, 0.2) is 0 Å². The van der Waals surface area contributed by atoms with Crippen molar-refractivity contribution in [3.05, 3.63) is 69.3 Å². The number of benzene rings is 2. The number of carbonyl (C=O) groups is 1. The molecule has 1 aromatic heterocycles. The second kappa shape index (κ2) is 11.7. The minimum absolute atomic E-state index is 0.0243. The zero-order chi connectivity index (χ0) is 27.7. The Labute approximate surface area is 242 Å². The van der Waals surface area contributed by atoms with Crippen molar-refractivity contribution in [2.24, 2.45) is 0 Å². The molecule has 1 atom stereocenters. The molecular weight excluding hydrogens is 606 g/mol. The van der Waals surface area contributed by atoms with E-state index < -0.39 is 16.1 Å². The number of β-amino-alcohol motifs (C(OH)–C–C–N with tert-alkyl or cyclic N) is 1. The van der Waals surface area contributed by atoms with Crippen LogP contribution in [-0.4, -0.2) is 88.7 Å². The van der Waals surface area contributed by atoms with Crippen molar-refractivity contribution in [3.8, 4) is 11.3 Å². The van der Waals surface area contributed by atoms with Gasteiger partial charge in [0.2, 0.25) is 15.9 Å². The number of hydrogen-bond donors (Lipinski definition) is 1. The van der Waals surface area contributed by atoms with Gasteiger partial charge in [0.25, 0.3) is 0 Å². The number of piperazine rings is 1. The number of halogens is 2. The molecular formula is C27H31BrClN5O4S. The maximum Gasteiger partial charge on any atom is 0.244 e. The van der Waals surface area contributed by atoms with Crippen molar-refractivity contribution in [1.29, 1.82) is 0 Å². The monoisotopic (exact) mass is 635 g/mol. The van der Waals surface area contributed by atoms with E-state index in [0.717, 1.165) is 22.5 Å². The summed E-state index contributed by atoms with van der Waals surface area (Å²) in [5.74, 6) is 0.0243. The van der Waals surface area contributed by atoms with Crippen LogP contribution in [0, 0.1) is 0 Å². The Balaban J connectivity index is 1.26. The molecule has 3 heterocycles. The van der Waals surface area contributed by atoms with E-state index in [1.165, 1.54) is 4.31 Å². The van der Waals surface area contributed by atoms with Gasteiger partial charge in [0.1, 0.15) is 0 Å². The fraction of sp³-hybridized carbons (Fsp3) is 0.407. The lowest BCUT2D eigenvalue weighted by molar-refractivity contribution is -0.129. The zero-order valence-electron chi connectivity index (χ0n) is 21.6. The van der Waals surface area contributed by atoms with E-state index >= 15 is 0 Å². The standard InChI is InChI=1S/C27H31BrClN5O4S/c1-19(35)32-11-10-25-23(18-32)27(20-6-8-21(29)9-7-20)30-34(25)17-22(36)16-31-12-14-33(15-13-31)39(37,38)26-5-3-2-4-24(26)28/h2-9,22,36H,10-18H2,1H3. The van der Waals surface area contributed by atoms with Gasteiger partial charge in [-0.05, 0) is 40.2 Å². The molecule has 1 unspecified atom stereocenters. The van der Waals surface area contributed by atoms with Crippen LogP contribution in [0.4, 0.5) is 0 Å². The number of hydrogen-bond acceptors (Lipinski definition) is 6. The summed E-state index contributed by atoms with van der Waals surface area (Å²) in [5, 5.41) is 16.5. The van der Waals surface area contributed by atoms with Crippen molar-refractivity contribution < 1.29 is 18.3 Å². The highest BCUT2D eigenvalue weighted by Crippen LogP contribution is 2.31. The van der Waals surface area contributed by atoms with E-state index in [0.29, 0.717) is 68.3 Å². The number of rotatable bonds is 7. The number of sulfonamides is 1. The van der Waals surface area contributed by atoms with Gasteiger partial charge in [-0.3, -0.25) is 14.4 Å². The molecule has 1 saturated heterocycles. The van der Waals surface area contributed by atoms with Crippen LogP contribution in [-0.2, 0) is 34.3 Å². The molecule has 5 rings (SSSR count). The molecule has 0 radical (unpaired) electrons. The Kier molecular flexibility index (Phi) is 8.46. The van der Waals surface area contributed by atoms with Crippen LogP contribution in [0.25, 0.3) is 11.3 Å². The fourth-order valence-corrected chi connectivity index (χ4v) is 7.76. The van der Waals surface area contributed by atoms with Crippen molar-refractivity contribution in [1.82, 2.24) is 23.9 Å². The normalized spacial score (nSPS) is 17.7. The van der Waals surface area contributed by atoms with E-state index in [4.69, 9.17) is 16.7 Å². The van der Waals surface area contributed by atoms with Crippen molar-refractivity contribution in [2.75, 3.05) is 39.3 Å². The largest absolute Gasteiger partial charge is 0.390 e. The first-order valence-electron chi connectivity index (χ1n) is 12.9. The van der Waals surface area contributed by atoms with Crippen LogP contribution in [0.1, 0.15) is 18.2 Å². The van der Waals surface area contributed by atoms with Crippen LogP contribution in [0.5, 0.6) is 0 Å². The molecule has 2 aliphatic heterocycles. The van der Waals surface area contributed by atoms with Crippen LogP contribution < -0.4 is 0 Å². The Bertz CT molecular complexity index is 1460. The predicted octanol–water partition coefficient (Wildman–Crippen LogP) is 3.24. The first kappa shape index (κ1) is 28.3. The zero-order valence-corrected chi connectivity index (χ0v) is 24.8. The molecule has 1 amide bonds. The van der Waals surface area contributed by atoms with Crippen LogP contribution in [0.15, 0.2) is 57.9 Å². The summed E-state index contributed by atoms with van der Waals surface area (Å²) in [5.41, 5.74) is 3.74. The van der Waals surface area contributed by atoms with Crippen molar-refractivity contribution >= 4 is 43.5 Å². The molecule has 208 valence electrons. The molecule has 0 spiro atoms. The number of aliphatic hydroxyl groups excluding tert-OH is 1. The summed E-state index contributed by atoms with van der Waals surface area (Å²) < 4.78 is 30.1. The third-order valence-corrected chi connectivity index (χ3v) is 10.5. The second-order valence-electron chi connectivity index (χ2n) is 9.94. The average Bonchev–Trinajstić information content (AvgIpc) is 3.27. The molecule has 9 nitrogen and oxygen atoms in total. The van der Waals surface area contributed by atoms with E-state index in [-0.39, 0.29) is 10.8 Å². The minimum atomic E-state index is -3.59. The first-order chi connectivity index (χ1) is 18.6. The highest BCUT2D eigenvalue weighted by molar-refractivity contribution is 9.10. The lowest BCUT2D eigenvalue weighted by Crippen LogP contribution is -2.50. The van der Waals surface area contributed by atoms with Crippen LogP contribution >= 0.6 is 27.5 Å². The van der Waals surface area contributed by atoms with Gasteiger partial charge in [-0.1, -0.05) is 35.9 Å². The van der Waals surface area contributed by atoms with E-state index in [2.05, 4.69) is 20.8 Å². The summed E-state index contributed by atoms with van der Waals surface area (Å²) in [6, 6.07) is 14.3. The first-order valence-corrected chi connectivity index (χ1v) is 15.5. The second-order valence-corrected chi connectivity index (χ2v) is 13.1. The molecule has 3 aromatic rings.